The van der Waals surface area contributed by atoms with Crippen LogP contribution in [0.25, 0.3) is 0 Å². The van der Waals surface area contributed by atoms with Crippen LogP contribution in [0.5, 0.6) is 5.75 Å². The number of carbonyl (C=O) groups is 2. The average molecular weight is 697 g/mol. The number of carbonyl (C=O) groups excluding carboxylic acids is 2. The molecule has 49 heavy (non-hydrogen) atoms. The SMILES string of the molecule is CC(C)CN(CC(O)C(Cc1ccccc1)NC(=O)C(NC(=O)CNCc1cccc(F)c1)C(C)(C)C)S(=O)(=O)c1ccc2c(c1)CCO2. The van der Waals surface area contributed by atoms with Crippen molar-refractivity contribution in [3.05, 3.63) is 95.3 Å². The second-order valence-electron chi connectivity index (χ2n) is 14.1. The van der Waals surface area contributed by atoms with Crippen molar-refractivity contribution in [3.63, 3.8) is 0 Å². The number of benzene rings is 3. The summed E-state index contributed by atoms with van der Waals surface area (Å²) in [5, 5.41) is 20.4. The minimum absolute atomic E-state index is 0.0445. The maximum atomic E-state index is 14.0. The van der Waals surface area contributed by atoms with Crippen LogP contribution >= 0.6 is 0 Å². The summed E-state index contributed by atoms with van der Waals surface area (Å²) in [6.07, 6.45) is -0.454. The van der Waals surface area contributed by atoms with Crippen LogP contribution in [0, 0.1) is 17.2 Å². The number of sulfonamides is 1. The Morgan fingerprint density at radius 3 is 2.35 bits per heavy atom. The monoisotopic (exact) mass is 696 g/mol. The molecule has 3 unspecified atom stereocenters. The topological polar surface area (TPSA) is 137 Å². The first kappa shape index (κ1) is 38.0. The van der Waals surface area contributed by atoms with Crippen molar-refractivity contribution in [3.8, 4) is 5.75 Å². The lowest BCUT2D eigenvalue weighted by atomic mass is 9.85. The van der Waals surface area contributed by atoms with Crippen LogP contribution in [-0.2, 0) is 39.0 Å². The minimum Gasteiger partial charge on any atom is -0.493 e. The van der Waals surface area contributed by atoms with Gasteiger partial charge >= 0.3 is 0 Å². The summed E-state index contributed by atoms with van der Waals surface area (Å²) < 4.78 is 48.3. The molecule has 2 amide bonds. The summed E-state index contributed by atoms with van der Waals surface area (Å²) in [5.74, 6) is -0.688. The highest BCUT2D eigenvalue weighted by atomic mass is 32.2. The molecule has 0 bridgehead atoms. The Balaban J connectivity index is 1.52. The lowest BCUT2D eigenvalue weighted by Crippen LogP contribution is -2.59. The molecule has 4 rings (SSSR count). The first-order valence-corrected chi connectivity index (χ1v) is 18.1. The molecule has 0 saturated carbocycles. The Kier molecular flexibility index (Phi) is 12.9. The number of fused-ring (bicyclic) bond motifs is 1. The highest BCUT2D eigenvalue weighted by Crippen LogP contribution is 2.29. The fourth-order valence-electron chi connectivity index (χ4n) is 5.76. The first-order valence-electron chi connectivity index (χ1n) is 16.7. The summed E-state index contributed by atoms with van der Waals surface area (Å²) in [6.45, 7) is 9.80. The average Bonchev–Trinajstić information content (AvgIpc) is 3.51. The Morgan fingerprint density at radius 2 is 1.67 bits per heavy atom. The van der Waals surface area contributed by atoms with Crippen LogP contribution in [0.3, 0.4) is 0 Å². The van der Waals surface area contributed by atoms with Gasteiger partial charge < -0.3 is 25.8 Å². The number of ether oxygens (including phenoxy) is 1. The number of nitrogens with zero attached hydrogens (tertiary/aromatic N) is 1. The van der Waals surface area contributed by atoms with E-state index >= 15 is 0 Å². The predicted octanol–water partition coefficient (Wildman–Crippen LogP) is 3.82. The van der Waals surface area contributed by atoms with Crippen LogP contribution in [0.4, 0.5) is 4.39 Å². The molecule has 3 aromatic rings. The molecule has 266 valence electrons. The third-order valence-corrected chi connectivity index (χ3v) is 10.1. The quantitative estimate of drug-likeness (QED) is 0.179. The van der Waals surface area contributed by atoms with Gasteiger partial charge in [-0.3, -0.25) is 9.59 Å². The molecule has 10 nitrogen and oxygen atoms in total. The van der Waals surface area contributed by atoms with Crippen molar-refractivity contribution in [1.29, 1.82) is 0 Å². The van der Waals surface area contributed by atoms with Gasteiger partial charge in [0.15, 0.2) is 0 Å². The van der Waals surface area contributed by atoms with Crippen molar-refractivity contribution in [1.82, 2.24) is 20.3 Å². The van der Waals surface area contributed by atoms with Crippen LogP contribution in [-0.4, -0.2) is 74.1 Å². The zero-order chi connectivity index (χ0) is 35.8. The van der Waals surface area contributed by atoms with Crippen LogP contribution in [0.2, 0.25) is 0 Å². The number of aliphatic hydroxyl groups is 1. The molecular weight excluding hydrogens is 647 g/mol. The van der Waals surface area contributed by atoms with E-state index in [2.05, 4.69) is 16.0 Å². The van der Waals surface area contributed by atoms with Crippen molar-refractivity contribution in [2.24, 2.45) is 11.3 Å². The third kappa shape index (κ3) is 10.8. The standard InChI is InChI=1S/C37H49FN4O6S/c1-25(2)23-42(49(46,47)30-14-15-33-28(20-30)16-17-48-33)24-32(43)31(19-26-10-7-6-8-11-26)40-36(45)35(37(3,4)5)41-34(44)22-39-21-27-12-9-13-29(38)18-27/h6-15,18,20,25,31-32,35,39,43H,16-17,19,21-24H2,1-5H3,(H,40,45)(H,41,44). The van der Waals surface area contributed by atoms with Crippen molar-refractivity contribution < 1.29 is 32.2 Å². The molecule has 1 aliphatic heterocycles. The van der Waals surface area contributed by atoms with Gasteiger partial charge in [0.05, 0.1) is 30.2 Å². The fourth-order valence-corrected chi connectivity index (χ4v) is 7.43. The van der Waals surface area contributed by atoms with E-state index in [1.54, 1.807) is 24.3 Å². The van der Waals surface area contributed by atoms with Crippen LogP contribution < -0.4 is 20.7 Å². The van der Waals surface area contributed by atoms with Gasteiger partial charge in [0.1, 0.15) is 17.6 Å². The zero-order valence-corrected chi connectivity index (χ0v) is 29.7. The first-order chi connectivity index (χ1) is 23.1. The second kappa shape index (κ2) is 16.7. The molecule has 0 saturated heterocycles. The number of amides is 2. The van der Waals surface area contributed by atoms with E-state index in [0.717, 1.165) is 11.1 Å². The van der Waals surface area contributed by atoms with E-state index in [4.69, 9.17) is 4.74 Å². The summed E-state index contributed by atoms with van der Waals surface area (Å²) in [6, 6.07) is 18.3. The fraction of sp³-hybridized carbons (Fsp3) is 0.459. The summed E-state index contributed by atoms with van der Waals surface area (Å²) in [7, 11) is -4.01. The molecule has 0 aliphatic carbocycles. The minimum atomic E-state index is -4.01. The predicted molar refractivity (Wildman–Crippen MR) is 187 cm³/mol. The maximum absolute atomic E-state index is 14.0. The Hall–Kier alpha value is -3.84. The molecule has 0 spiro atoms. The molecule has 12 heteroatoms. The summed E-state index contributed by atoms with van der Waals surface area (Å²) in [4.78, 5) is 27.0. The lowest BCUT2D eigenvalue weighted by Gasteiger charge is -2.34. The van der Waals surface area contributed by atoms with Crippen LogP contribution in [0.1, 0.15) is 51.3 Å². The molecular formula is C37H49FN4O6S. The molecule has 0 radical (unpaired) electrons. The summed E-state index contributed by atoms with van der Waals surface area (Å²) >= 11 is 0. The van der Waals surface area contributed by atoms with E-state index in [9.17, 15) is 27.5 Å². The van der Waals surface area contributed by atoms with Gasteiger partial charge in [0, 0.05) is 26.1 Å². The number of nitrogens with one attached hydrogen (secondary N) is 3. The molecule has 0 fully saturated rings. The Labute approximate surface area is 289 Å². The van der Waals surface area contributed by atoms with Crippen molar-refractivity contribution >= 4 is 21.8 Å². The second-order valence-corrected chi connectivity index (χ2v) is 16.0. The van der Waals surface area contributed by atoms with E-state index in [-0.39, 0.29) is 49.2 Å². The molecule has 0 aromatic heterocycles. The van der Waals surface area contributed by atoms with Gasteiger partial charge in [-0.25, -0.2) is 12.8 Å². The van der Waals surface area contributed by atoms with E-state index in [1.807, 2.05) is 65.0 Å². The number of hydrogen-bond acceptors (Lipinski definition) is 7. The third-order valence-electron chi connectivity index (χ3n) is 8.29. The van der Waals surface area contributed by atoms with E-state index < -0.39 is 45.4 Å². The van der Waals surface area contributed by atoms with Gasteiger partial charge in [-0.05, 0) is 64.8 Å². The van der Waals surface area contributed by atoms with Gasteiger partial charge in [-0.15, -0.1) is 0 Å². The highest BCUT2D eigenvalue weighted by Gasteiger charge is 2.37. The molecule has 1 aliphatic rings. The lowest BCUT2D eigenvalue weighted by molar-refractivity contribution is -0.132. The van der Waals surface area contributed by atoms with E-state index in [0.29, 0.717) is 24.3 Å². The molecule has 3 atom stereocenters. The number of aliphatic hydroxyl groups excluding tert-OH is 1. The van der Waals surface area contributed by atoms with Gasteiger partial charge in [-0.1, -0.05) is 77.1 Å². The summed E-state index contributed by atoms with van der Waals surface area (Å²) in [5.41, 5.74) is 1.62. The molecule has 1 heterocycles. The zero-order valence-electron chi connectivity index (χ0n) is 28.9. The smallest absolute Gasteiger partial charge is 0.243 e. The van der Waals surface area contributed by atoms with Crippen LogP contribution in [0.15, 0.2) is 77.7 Å². The molecule has 3 aromatic carbocycles. The largest absolute Gasteiger partial charge is 0.493 e. The molecule has 4 N–H and O–H groups in total. The Morgan fingerprint density at radius 1 is 0.959 bits per heavy atom. The number of halogens is 1. The van der Waals surface area contributed by atoms with Crippen molar-refractivity contribution in [2.75, 3.05) is 26.2 Å². The Bertz CT molecular complexity index is 1680. The highest BCUT2D eigenvalue weighted by molar-refractivity contribution is 7.89. The van der Waals surface area contributed by atoms with Crippen molar-refractivity contribution in [2.45, 2.75) is 77.1 Å². The number of rotatable bonds is 16. The number of hydrogen-bond donors (Lipinski definition) is 4. The normalized spacial score (nSPS) is 15.0. The van der Waals surface area contributed by atoms with Gasteiger partial charge in [-0.2, -0.15) is 4.31 Å². The maximum Gasteiger partial charge on any atom is 0.243 e. The van der Waals surface area contributed by atoms with Gasteiger partial charge in [0.2, 0.25) is 21.8 Å². The van der Waals surface area contributed by atoms with Gasteiger partial charge in [0.25, 0.3) is 0 Å². The van der Waals surface area contributed by atoms with E-state index in [1.165, 1.54) is 22.5 Å².